The standard InChI is InChI=1S/C8H14N2/c1-4-5-6-10-8(9)7(2)3/h4-7H,1H2,2-3H3,(H2,9,10)/b6-5-. The first-order valence-corrected chi connectivity index (χ1v) is 3.29. The minimum absolute atomic E-state index is 0.314. The Kier molecular flexibility index (Phi) is 4.29. The Hall–Kier alpha value is -1.05. The van der Waals surface area contributed by atoms with Crippen LogP contribution in [0.3, 0.4) is 0 Å². The van der Waals surface area contributed by atoms with E-state index in [0.717, 1.165) is 0 Å². The van der Waals surface area contributed by atoms with Crippen LogP contribution in [0.4, 0.5) is 0 Å². The van der Waals surface area contributed by atoms with Crippen LogP contribution in [0, 0.1) is 5.92 Å². The third-order valence-corrected chi connectivity index (χ3v) is 1.04. The lowest BCUT2D eigenvalue weighted by Crippen LogP contribution is -2.17. The molecule has 0 saturated heterocycles. The molecule has 0 aromatic rings. The molecule has 0 aliphatic rings. The average molecular weight is 138 g/mol. The van der Waals surface area contributed by atoms with Crippen LogP contribution in [0.15, 0.2) is 29.9 Å². The molecule has 0 aliphatic heterocycles. The van der Waals surface area contributed by atoms with Crippen molar-refractivity contribution >= 4 is 5.84 Å². The second-order valence-corrected chi connectivity index (χ2v) is 2.29. The minimum atomic E-state index is 0.314. The summed E-state index contributed by atoms with van der Waals surface area (Å²) in [5.74, 6) is 0.965. The molecule has 0 bridgehead atoms. The third-order valence-electron chi connectivity index (χ3n) is 1.04. The lowest BCUT2D eigenvalue weighted by molar-refractivity contribution is 0.872. The Morgan fingerprint density at radius 3 is 2.60 bits per heavy atom. The molecule has 0 amide bonds. The van der Waals surface area contributed by atoms with E-state index < -0.39 is 0 Å². The first-order valence-electron chi connectivity index (χ1n) is 3.29. The molecule has 2 N–H and O–H groups in total. The second kappa shape index (κ2) is 4.79. The molecule has 0 saturated carbocycles. The topological polar surface area (TPSA) is 38.4 Å². The summed E-state index contributed by atoms with van der Waals surface area (Å²) in [4.78, 5) is 3.96. The van der Waals surface area contributed by atoms with Crippen LogP contribution < -0.4 is 5.73 Å². The summed E-state index contributed by atoms with van der Waals surface area (Å²) < 4.78 is 0. The van der Waals surface area contributed by atoms with Gasteiger partial charge in [-0.1, -0.05) is 26.5 Å². The molecule has 0 atom stereocenters. The average Bonchev–Trinajstić information content (AvgIpc) is 1.88. The van der Waals surface area contributed by atoms with Gasteiger partial charge in [-0.3, -0.25) is 0 Å². The molecule has 0 aromatic heterocycles. The summed E-state index contributed by atoms with van der Waals surface area (Å²) in [5, 5.41) is 0. The van der Waals surface area contributed by atoms with Crippen LogP contribution in [0.2, 0.25) is 0 Å². The predicted octanol–water partition coefficient (Wildman–Crippen LogP) is 1.70. The maximum atomic E-state index is 5.52. The molecule has 2 nitrogen and oxygen atoms in total. The zero-order chi connectivity index (χ0) is 7.98. The minimum Gasteiger partial charge on any atom is -0.387 e. The molecule has 0 spiro atoms. The van der Waals surface area contributed by atoms with Crippen molar-refractivity contribution in [2.75, 3.05) is 0 Å². The van der Waals surface area contributed by atoms with E-state index in [1.54, 1.807) is 18.4 Å². The molecule has 2 heteroatoms. The number of hydrogen-bond acceptors (Lipinski definition) is 1. The van der Waals surface area contributed by atoms with E-state index in [2.05, 4.69) is 11.6 Å². The highest BCUT2D eigenvalue weighted by Gasteiger charge is 1.94. The van der Waals surface area contributed by atoms with Gasteiger partial charge < -0.3 is 5.73 Å². The monoisotopic (exact) mass is 138 g/mol. The molecule has 10 heavy (non-hydrogen) atoms. The molecule has 0 aromatic carbocycles. The van der Waals surface area contributed by atoms with Gasteiger partial charge in [-0.2, -0.15) is 0 Å². The summed E-state index contributed by atoms with van der Waals surface area (Å²) in [6, 6.07) is 0. The van der Waals surface area contributed by atoms with E-state index >= 15 is 0 Å². The number of hydrogen-bond donors (Lipinski definition) is 1. The summed E-state index contributed by atoms with van der Waals surface area (Å²) in [6.07, 6.45) is 5.05. The van der Waals surface area contributed by atoms with Crippen molar-refractivity contribution in [2.24, 2.45) is 16.6 Å². The number of amidine groups is 1. The summed E-state index contributed by atoms with van der Waals surface area (Å²) >= 11 is 0. The number of nitrogens with two attached hydrogens (primary N) is 1. The number of nitrogens with zero attached hydrogens (tertiary/aromatic N) is 1. The fraction of sp³-hybridized carbons (Fsp3) is 0.375. The van der Waals surface area contributed by atoms with Gasteiger partial charge in [-0.05, 0) is 6.08 Å². The molecule has 0 rings (SSSR count). The predicted molar refractivity (Wildman–Crippen MR) is 45.8 cm³/mol. The quantitative estimate of drug-likeness (QED) is 0.360. The highest BCUT2D eigenvalue weighted by molar-refractivity contribution is 5.82. The van der Waals surface area contributed by atoms with Crippen molar-refractivity contribution in [1.29, 1.82) is 0 Å². The van der Waals surface area contributed by atoms with Gasteiger partial charge in [0.05, 0.1) is 0 Å². The van der Waals surface area contributed by atoms with E-state index in [1.807, 2.05) is 13.8 Å². The first kappa shape index (κ1) is 8.95. The van der Waals surface area contributed by atoms with Crippen molar-refractivity contribution < 1.29 is 0 Å². The van der Waals surface area contributed by atoms with Crippen LogP contribution in [0.25, 0.3) is 0 Å². The molecule has 0 fully saturated rings. The summed E-state index contributed by atoms with van der Waals surface area (Å²) in [5.41, 5.74) is 5.52. The molecule has 0 heterocycles. The first-order chi connectivity index (χ1) is 4.68. The summed E-state index contributed by atoms with van der Waals surface area (Å²) in [6.45, 7) is 7.51. The highest BCUT2D eigenvalue weighted by Crippen LogP contribution is 1.91. The van der Waals surface area contributed by atoms with Gasteiger partial charge in [-0.15, -0.1) is 0 Å². The lowest BCUT2D eigenvalue weighted by Gasteiger charge is -1.99. The largest absolute Gasteiger partial charge is 0.387 e. The Labute approximate surface area is 62.1 Å². The Morgan fingerprint density at radius 2 is 2.20 bits per heavy atom. The zero-order valence-electron chi connectivity index (χ0n) is 6.54. The Balaban J connectivity index is 3.91. The molecule has 0 aliphatic carbocycles. The van der Waals surface area contributed by atoms with Gasteiger partial charge in [0.1, 0.15) is 5.84 Å². The van der Waals surface area contributed by atoms with Crippen LogP contribution in [-0.4, -0.2) is 5.84 Å². The van der Waals surface area contributed by atoms with Gasteiger partial charge in [0, 0.05) is 12.1 Å². The van der Waals surface area contributed by atoms with E-state index in [1.165, 1.54) is 0 Å². The van der Waals surface area contributed by atoms with Crippen LogP contribution in [0.5, 0.6) is 0 Å². The normalized spacial score (nSPS) is 12.9. The number of rotatable bonds is 3. The zero-order valence-corrected chi connectivity index (χ0v) is 6.54. The van der Waals surface area contributed by atoms with Gasteiger partial charge in [0.15, 0.2) is 0 Å². The Bertz CT molecular complexity index is 155. The van der Waals surface area contributed by atoms with Crippen molar-refractivity contribution in [2.45, 2.75) is 13.8 Å². The molecular weight excluding hydrogens is 124 g/mol. The van der Waals surface area contributed by atoms with Crippen LogP contribution >= 0.6 is 0 Å². The van der Waals surface area contributed by atoms with E-state index in [0.29, 0.717) is 11.8 Å². The maximum absolute atomic E-state index is 5.52. The lowest BCUT2D eigenvalue weighted by atomic mass is 10.2. The van der Waals surface area contributed by atoms with E-state index in [4.69, 9.17) is 5.73 Å². The van der Waals surface area contributed by atoms with Gasteiger partial charge >= 0.3 is 0 Å². The molecule has 0 unspecified atom stereocenters. The molecular formula is C8H14N2. The number of aliphatic imine (C=N–C) groups is 1. The van der Waals surface area contributed by atoms with E-state index in [9.17, 15) is 0 Å². The van der Waals surface area contributed by atoms with Crippen molar-refractivity contribution in [3.05, 3.63) is 24.9 Å². The van der Waals surface area contributed by atoms with Crippen molar-refractivity contribution in [3.8, 4) is 0 Å². The van der Waals surface area contributed by atoms with Crippen LogP contribution in [0.1, 0.15) is 13.8 Å². The summed E-state index contributed by atoms with van der Waals surface area (Å²) in [7, 11) is 0. The van der Waals surface area contributed by atoms with Crippen molar-refractivity contribution in [3.63, 3.8) is 0 Å². The second-order valence-electron chi connectivity index (χ2n) is 2.29. The van der Waals surface area contributed by atoms with Gasteiger partial charge in [-0.25, -0.2) is 4.99 Å². The fourth-order valence-corrected chi connectivity index (χ4v) is 0.339. The van der Waals surface area contributed by atoms with Crippen LogP contribution in [-0.2, 0) is 0 Å². The fourth-order valence-electron chi connectivity index (χ4n) is 0.339. The third kappa shape index (κ3) is 3.89. The van der Waals surface area contributed by atoms with E-state index in [-0.39, 0.29) is 0 Å². The molecule has 0 radical (unpaired) electrons. The molecule has 56 valence electrons. The van der Waals surface area contributed by atoms with Gasteiger partial charge in [0.2, 0.25) is 0 Å². The maximum Gasteiger partial charge on any atom is 0.101 e. The smallest absolute Gasteiger partial charge is 0.101 e. The number of allylic oxidation sites excluding steroid dienone is 2. The SMILES string of the molecule is C=C/C=C\N=C(N)C(C)C. The van der Waals surface area contributed by atoms with Gasteiger partial charge in [0.25, 0.3) is 0 Å². The Morgan fingerprint density at radius 1 is 1.60 bits per heavy atom. The highest BCUT2D eigenvalue weighted by atomic mass is 14.8. The van der Waals surface area contributed by atoms with Crippen molar-refractivity contribution in [1.82, 2.24) is 0 Å².